The van der Waals surface area contributed by atoms with Gasteiger partial charge in [0.15, 0.2) is 4.80 Å². The number of nitrogens with zero attached hydrogens (tertiary/aromatic N) is 2. The fourth-order valence-corrected chi connectivity index (χ4v) is 4.11. The minimum atomic E-state index is -0.389. The molecule has 0 radical (unpaired) electrons. The van der Waals surface area contributed by atoms with Gasteiger partial charge in [0, 0.05) is 11.0 Å². The molecule has 0 aliphatic carbocycles. The maximum absolute atomic E-state index is 12.3. The summed E-state index contributed by atoms with van der Waals surface area (Å²) in [6.45, 7) is 2.04. The van der Waals surface area contributed by atoms with Crippen molar-refractivity contribution in [3.63, 3.8) is 0 Å². The van der Waals surface area contributed by atoms with Crippen LogP contribution < -0.4 is 9.54 Å². The van der Waals surface area contributed by atoms with Gasteiger partial charge in [0.25, 0.3) is 5.91 Å². The maximum Gasteiger partial charge on any atom is 0.326 e. The average molecular weight is 402 g/mol. The first-order chi connectivity index (χ1) is 13.1. The number of hydrogen-bond donors (Lipinski definition) is 0. The highest BCUT2D eigenvalue weighted by Gasteiger charge is 2.12. The normalized spacial score (nSPS) is 12.0. The van der Waals surface area contributed by atoms with Gasteiger partial charge >= 0.3 is 5.97 Å². The number of thiazole rings is 1. The monoisotopic (exact) mass is 402 g/mol. The Hall–Kier alpha value is -2.71. The van der Waals surface area contributed by atoms with Gasteiger partial charge in [-0.05, 0) is 42.6 Å². The van der Waals surface area contributed by atoms with E-state index in [-0.39, 0.29) is 18.4 Å². The van der Waals surface area contributed by atoms with Crippen LogP contribution in [0, 0.1) is 0 Å². The predicted octanol–water partition coefficient (Wildman–Crippen LogP) is 3.48. The number of ether oxygens (including phenoxy) is 2. The minimum absolute atomic E-state index is 0.0130. The van der Waals surface area contributed by atoms with E-state index in [1.54, 1.807) is 30.7 Å². The Kier molecular flexibility index (Phi) is 6.20. The van der Waals surface area contributed by atoms with Gasteiger partial charge in [0.2, 0.25) is 0 Å². The number of esters is 1. The number of fused-ring (bicyclic) bond motifs is 1. The topological polar surface area (TPSA) is 69.9 Å². The molecule has 1 aromatic carbocycles. The molecule has 0 atom stereocenters. The maximum atomic E-state index is 12.3. The third kappa shape index (κ3) is 4.72. The molecule has 0 aliphatic rings. The number of carbonyl (C=O) groups excluding carboxylic acids is 2. The van der Waals surface area contributed by atoms with Crippen LogP contribution in [0.1, 0.15) is 11.8 Å². The Morgan fingerprint density at radius 2 is 2.15 bits per heavy atom. The first kappa shape index (κ1) is 19.1. The average Bonchev–Trinajstić information content (AvgIpc) is 3.28. The van der Waals surface area contributed by atoms with Crippen LogP contribution in [0.2, 0.25) is 0 Å². The van der Waals surface area contributed by atoms with Crippen LogP contribution in [0.4, 0.5) is 0 Å². The standard InChI is InChI=1S/C19H18N2O4S2/c1-3-25-18(23)12-21-15-8-6-13(24-2)11-16(15)27-19(21)20-17(22)9-7-14-5-4-10-26-14/h4-11H,3,12H2,1-2H3/b9-7+,20-19?. The first-order valence-electron chi connectivity index (χ1n) is 8.24. The third-order valence-electron chi connectivity index (χ3n) is 3.62. The summed E-state index contributed by atoms with van der Waals surface area (Å²) in [7, 11) is 1.59. The number of aromatic nitrogens is 1. The zero-order valence-electron chi connectivity index (χ0n) is 14.9. The smallest absolute Gasteiger partial charge is 0.326 e. The van der Waals surface area contributed by atoms with E-state index in [4.69, 9.17) is 9.47 Å². The number of thiophene rings is 1. The van der Waals surface area contributed by atoms with Crippen molar-refractivity contribution in [1.29, 1.82) is 0 Å². The molecule has 2 heterocycles. The number of rotatable bonds is 6. The quantitative estimate of drug-likeness (QED) is 0.468. The van der Waals surface area contributed by atoms with Crippen LogP contribution in [-0.2, 0) is 20.9 Å². The molecule has 0 bridgehead atoms. The molecule has 3 rings (SSSR count). The summed E-state index contributed by atoms with van der Waals surface area (Å²) in [6.07, 6.45) is 3.15. The highest BCUT2D eigenvalue weighted by atomic mass is 32.1. The Bertz CT molecular complexity index is 1050. The molecule has 0 fully saturated rings. The zero-order valence-corrected chi connectivity index (χ0v) is 16.5. The minimum Gasteiger partial charge on any atom is -0.497 e. The molecule has 0 aliphatic heterocycles. The van der Waals surface area contributed by atoms with Crippen LogP contribution in [0.3, 0.4) is 0 Å². The van der Waals surface area contributed by atoms with Crippen LogP contribution in [0.15, 0.2) is 46.8 Å². The second kappa shape index (κ2) is 8.79. The van der Waals surface area contributed by atoms with Gasteiger partial charge in [-0.3, -0.25) is 9.59 Å². The Labute approximate surface area is 164 Å². The fourth-order valence-electron chi connectivity index (χ4n) is 2.43. The number of amides is 1. The molecule has 0 saturated heterocycles. The van der Waals surface area contributed by atoms with E-state index in [1.165, 1.54) is 28.7 Å². The lowest BCUT2D eigenvalue weighted by Crippen LogP contribution is -2.22. The molecular formula is C19H18N2O4S2. The van der Waals surface area contributed by atoms with Gasteiger partial charge in [-0.1, -0.05) is 17.4 Å². The molecule has 6 nitrogen and oxygen atoms in total. The van der Waals surface area contributed by atoms with Gasteiger partial charge < -0.3 is 14.0 Å². The van der Waals surface area contributed by atoms with E-state index < -0.39 is 0 Å². The van der Waals surface area contributed by atoms with Crippen molar-refractivity contribution >= 4 is 50.8 Å². The highest BCUT2D eigenvalue weighted by Crippen LogP contribution is 2.23. The van der Waals surface area contributed by atoms with Crippen molar-refractivity contribution in [1.82, 2.24) is 4.57 Å². The number of hydrogen-bond acceptors (Lipinski definition) is 6. The number of methoxy groups -OCH3 is 1. The van der Waals surface area contributed by atoms with E-state index in [2.05, 4.69) is 4.99 Å². The molecule has 140 valence electrons. The molecule has 0 unspecified atom stereocenters. The van der Waals surface area contributed by atoms with Crippen LogP contribution in [0.5, 0.6) is 5.75 Å². The second-order valence-electron chi connectivity index (χ2n) is 5.41. The summed E-state index contributed by atoms with van der Waals surface area (Å²) in [6, 6.07) is 9.33. The molecule has 1 amide bonds. The Balaban J connectivity index is 2.00. The summed E-state index contributed by atoms with van der Waals surface area (Å²) in [4.78, 5) is 29.9. The third-order valence-corrected chi connectivity index (χ3v) is 5.50. The zero-order chi connectivity index (χ0) is 19.2. The molecule has 0 spiro atoms. The molecule has 3 aromatic rings. The lowest BCUT2D eigenvalue weighted by molar-refractivity contribution is -0.143. The number of benzene rings is 1. The fraction of sp³-hybridized carbons (Fsp3) is 0.211. The van der Waals surface area contributed by atoms with Gasteiger partial charge in [0.05, 0.1) is 23.9 Å². The van der Waals surface area contributed by atoms with E-state index >= 15 is 0 Å². The van der Waals surface area contributed by atoms with Gasteiger partial charge in [-0.2, -0.15) is 4.99 Å². The SMILES string of the molecule is CCOC(=O)Cn1c(=NC(=O)/C=C/c2cccs2)sc2cc(OC)ccc21. The lowest BCUT2D eigenvalue weighted by atomic mass is 10.3. The summed E-state index contributed by atoms with van der Waals surface area (Å²) < 4.78 is 12.9. The molecule has 27 heavy (non-hydrogen) atoms. The van der Waals surface area contributed by atoms with Crippen molar-refractivity contribution < 1.29 is 19.1 Å². The Morgan fingerprint density at radius 1 is 1.30 bits per heavy atom. The summed E-state index contributed by atoms with van der Waals surface area (Å²) >= 11 is 2.86. The van der Waals surface area contributed by atoms with Gasteiger partial charge in [-0.25, -0.2) is 0 Å². The molecule has 8 heteroatoms. The molecule has 2 aromatic heterocycles. The molecule has 0 N–H and O–H groups in total. The van der Waals surface area contributed by atoms with E-state index in [1.807, 2.05) is 29.6 Å². The Morgan fingerprint density at radius 3 is 2.85 bits per heavy atom. The van der Waals surface area contributed by atoms with E-state index in [9.17, 15) is 9.59 Å². The van der Waals surface area contributed by atoms with Crippen molar-refractivity contribution in [2.45, 2.75) is 13.5 Å². The predicted molar refractivity (Wildman–Crippen MR) is 107 cm³/mol. The summed E-state index contributed by atoms with van der Waals surface area (Å²) in [5.74, 6) is -0.0712. The van der Waals surface area contributed by atoms with E-state index in [0.717, 1.165) is 15.1 Å². The van der Waals surface area contributed by atoms with Crippen molar-refractivity contribution in [3.8, 4) is 5.75 Å². The van der Waals surface area contributed by atoms with Crippen molar-refractivity contribution in [3.05, 3.63) is 51.5 Å². The largest absolute Gasteiger partial charge is 0.497 e. The van der Waals surface area contributed by atoms with Gasteiger partial charge in [0.1, 0.15) is 12.3 Å². The first-order valence-corrected chi connectivity index (χ1v) is 9.93. The van der Waals surface area contributed by atoms with Gasteiger partial charge in [-0.15, -0.1) is 11.3 Å². The lowest BCUT2D eigenvalue weighted by Gasteiger charge is -2.05. The summed E-state index contributed by atoms with van der Waals surface area (Å²) in [5.41, 5.74) is 0.794. The van der Waals surface area contributed by atoms with Crippen LogP contribution >= 0.6 is 22.7 Å². The second-order valence-corrected chi connectivity index (χ2v) is 7.40. The van der Waals surface area contributed by atoms with Crippen molar-refractivity contribution in [2.24, 2.45) is 4.99 Å². The molecule has 0 saturated carbocycles. The van der Waals surface area contributed by atoms with E-state index in [0.29, 0.717) is 17.2 Å². The van der Waals surface area contributed by atoms with Crippen LogP contribution in [0.25, 0.3) is 16.3 Å². The number of carbonyl (C=O) groups is 2. The molecular weight excluding hydrogens is 384 g/mol. The highest BCUT2D eigenvalue weighted by molar-refractivity contribution is 7.16. The summed E-state index contributed by atoms with van der Waals surface area (Å²) in [5, 5.41) is 1.94. The van der Waals surface area contributed by atoms with Crippen molar-refractivity contribution in [2.75, 3.05) is 13.7 Å². The van der Waals surface area contributed by atoms with Crippen LogP contribution in [-0.4, -0.2) is 30.2 Å².